The van der Waals surface area contributed by atoms with Crippen molar-refractivity contribution in [3.8, 4) is 0 Å². The fourth-order valence-corrected chi connectivity index (χ4v) is 7.22. The van der Waals surface area contributed by atoms with Crippen LogP contribution in [0.15, 0.2) is 42.5 Å². The molecule has 5 rings (SSSR count). The van der Waals surface area contributed by atoms with E-state index in [1.54, 1.807) is 42.7 Å². The molecule has 0 bridgehead atoms. The Balaban J connectivity index is 1.37. The summed E-state index contributed by atoms with van der Waals surface area (Å²) >= 11 is 0. The van der Waals surface area contributed by atoms with Gasteiger partial charge in [0.2, 0.25) is 5.91 Å². The van der Waals surface area contributed by atoms with Crippen molar-refractivity contribution in [1.82, 2.24) is 9.80 Å². The van der Waals surface area contributed by atoms with Gasteiger partial charge in [-0.1, -0.05) is 12.1 Å². The monoisotopic (exact) mass is 672 g/mol. The number of alkyl halides is 6. The topological polar surface area (TPSA) is 59.1 Å². The highest BCUT2D eigenvalue weighted by Crippen LogP contribution is 2.47. The fourth-order valence-electron chi connectivity index (χ4n) is 7.22. The number of carbonyl (C=O) groups excluding carboxylic acids is 2. The molecule has 5 atom stereocenters. The third-order valence-electron chi connectivity index (χ3n) is 9.46. The molecule has 0 saturated carbocycles. The Morgan fingerprint density at radius 2 is 1.47 bits per heavy atom. The number of benzene rings is 2. The number of carbonyl (C=O) groups is 2. The Labute approximate surface area is 269 Å². The molecule has 0 N–H and O–H groups in total. The van der Waals surface area contributed by atoms with Crippen LogP contribution in [0.5, 0.6) is 0 Å². The lowest BCUT2D eigenvalue weighted by Gasteiger charge is -2.42. The van der Waals surface area contributed by atoms with Crippen LogP contribution in [-0.2, 0) is 26.6 Å². The summed E-state index contributed by atoms with van der Waals surface area (Å²) in [6.45, 7) is 7.84. The number of ether oxygens (including phenoxy) is 2. The SMILES string of the molecule is C[C@@H](O[C@H]1CN2C(=O)CC(C3CCN(C(=O)OC(C)(C)C)CC3)CC2C1c1ccc(F)cc1)c1cc(C(F)(F)F)cc(C(F)(F)F)c1. The summed E-state index contributed by atoms with van der Waals surface area (Å²) in [7, 11) is 0. The van der Waals surface area contributed by atoms with Crippen LogP contribution in [-0.4, -0.2) is 59.2 Å². The Bertz CT molecular complexity index is 1410. The number of fused-ring (bicyclic) bond motifs is 1. The summed E-state index contributed by atoms with van der Waals surface area (Å²) in [6, 6.07) is 6.70. The molecule has 3 saturated heterocycles. The first kappa shape index (κ1) is 35.0. The van der Waals surface area contributed by atoms with Gasteiger partial charge in [0.05, 0.1) is 23.3 Å². The van der Waals surface area contributed by atoms with Gasteiger partial charge >= 0.3 is 18.4 Å². The summed E-state index contributed by atoms with van der Waals surface area (Å²) < 4.78 is 107. The van der Waals surface area contributed by atoms with Crippen molar-refractivity contribution < 1.29 is 49.8 Å². The van der Waals surface area contributed by atoms with E-state index in [4.69, 9.17) is 9.47 Å². The molecular weight excluding hydrogens is 633 g/mol. The van der Waals surface area contributed by atoms with E-state index in [-0.39, 0.29) is 54.5 Å². The number of piperidine rings is 2. The molecule has 3 heterocycles. The van der Waals surface area contributed by atoms with E-state index < -0.39 is 53.0 Å². The van der Waals surface area contributed by atoms with Crippen LogP contribution in [0.4, 0.5) is 35.5 Å². The third kappa shape index (κ3) is 8.04. The van der Waals surface area contributed by atoms with Crippen LogP contribution >= 0.6 is 0 Å². The van der Waals surface area contributed by atoms with Crippen molar-refractivity contribution in [3.05, 3.63) is 70.5 Å². The van der Waals surface area contributed by atoms with Gasteiger partial charge in [0.1, 0.15) is 11.4 Å². The molecule has 2 amide bonds. The molecular formula is C34H39F7N2O4. The average Bonchev–Trinajstić information content (AvgIpc) is 3.34. The second-order valence-electron chi connectivity index (χ2n) is 13.9. The first-order valence-electron chi connectivity index (χ1n) is 15.8. The quantitative estimate of drug-likeness (QED) is 0.300. The van der Waals surface area contributed by atoms with E-state index >= 15 is 0 Å². The number of nitrogens with zero attached hydrogens (tertiary/aromatic N) is 2. The summed E-state index contributed by atoms with van der Waals surface area (Å²) in [5.41, 5.74) is -3.14. The standard InChI is InChI=1S/C34H39F7N2O4/c1-19(22-13-24(33(36,37)38)17-25(14-22)34(39,40)41)46-28-18-43-27(30(28)21-5-7-26(35)8-6-21)15-23(16-29(43)44)20-9-11-42(12-10-20)31(45)47-32(2,3)4/h5-8,13-14,17,19-20,23,27-28,30H,9-12,15-16,18H2,1-4H3/t19-,23?,27?,28+,30?/m1/s1. The zero-order valence-electron chi connectivity index (χ0n) is 26.6. The van der Waals surface area contributed by atoms with Crippen LogP contribution < -0.4 is 0 Å². The number of likely N-dealkylation sites (tertiary alicyclic amines) is 1. The van der Waals surface area contributed by atoms with Crippen LogP contribution in [0.25, 0.3) is 0 Å². The zero-order valence-corrected chi connectivity index (χ0v) is 26.6. The van der Waals surface area contributed by atoms with Crippen molar-refractivity contribution >= 4 is 12.0 Å². The third-order valence-corrected chi connectivity index (χ3v) is 9.46. The maximum atomic E-state index is 13.9. The lowest BCUT2D eigenvalue weighted by atomic mass is 9.74. The number of amides is 2. The second-order valence-corrected chi connectivity index (χ2v) is 13.9. The predicted octanol–water partition coefficient (Wildman–Crippen LogP) is 8.36. The minimum absolute atomic E-state index is 0.0125. The van der Waals surface area contributed by atoms with E-state index in [0.29, 0.717) is 50.0 Å². The van der Waals surface area contributed by atoms with Gasteiger partial charge < -0.3 is 19.3 Å². The number of hydrogen-bond acceptors (Lipinski definition) is 4. The molecule has 0 aliphatic carbocycles. The van der Waals surface area contributed by atoms with Crippen molar-refractivity contribution in [3.63, 3.8) is 0 Å². The van der Waals surface area contributed by atoms with Crippen molar-refractivity contribution in [2.75, 3.05) is 19.6 Å². The van der Waals surface area contributed by atoms with Crippen molar-refractivity contribution in [2.24, 2.45) is 11.8 Å². The minimum atomic E-state index is -5.01. The van der Waals surface area contributed by atoms with E-state index in [0.717, 1.165) is 0 Å². The molecule has 3 unspecified atom stereocenters. The molecule has 0 spiro atoms. The molecule has 6 nitrogen and oxygen atoms in total. The first-order valence-corrected chi connectivity index (χ1v) is 15.8. The largest absolute Gasteiger partial charge is 0.444 e. The van der Waals surface area contributed by atoms with Crippen LogP contribution in [0.1, 0.15) is 87.7 Å². The maximum Gasteiger partial charge on any atom is 0.416 e. The van der Waals surface area contributed by atoms with Gasteiger partial charge in [-0.05, 0) is 100 Å². The van der Waals surface area contributed by atoms with Crippen LogP contribution in [0.3, 0.4) is 0 Å². The average molecular weight is 673 g/mol. The molecule has 0 aromatic heterocycles. The zero-order chi connectivity index (χ0) is 34.5. The molecule has 3 aliphatic heterocycles. The Kier molecular flexibility index (Phi) is 9.62. The normalized spacial score (nSPS) is 25.1. The Morgan fingerprint density at radius 1 is 0.894 bits per heavy atom. The number of halogens is 7. The minimum Gasteiger partial charge on any atom is -0.444 e. The lowest BCUT2D eigenvalue weighted by Crippen LogP contribution is -2.48. The molecule has 3 fully saturated rings. The van der Waals surface area contributed by atoms with Gasteiger partial charge in [-0.2, -0.15) is 26.3 Å². The van der Waals surface area contributed by atoms with E-state index in [1.165, 1.54) is 19.1 Å². The summed E-state index contributed by atoms with van der Waals surface area (Å²) in [5, 5.41) is 0. The van der Waals surface area contributed by atoms with Gasteiger partial charge in [-0.3, -0.25) is 4.79 Å². The van der Waals surface area contributed by atoms with E-state index in [2.05, 4.69) is 0 Å². The Morgan fingerprint density at radius 3 is 2.00 bits per heavy atom. The second kappa shape index (κ2) is 12.9. The van der Waals surface area contributed by atoms with Crippen LogP contribution in [0.2, 0.25) is 0 Å². The van der Waals surface area contributed by atoms with E-state index in [1.807, 2.05) is 0 Å². The van der Waals surface area contributed by atoms with Gasteiger partial charge in [0.15, 0.2) is 0 Å². The Hall–Kier alpha value is -3.35. The highest BCUT2D eigenvalue weighted by atomic mass is 19.4. The summed E-state index contributed by atoms with van der Waals surface area (Å²) in [4.78, 5) is 29.5. The molecule has 258 valence electrons. The number of rotatable bonds is 5. The van der Waals surface area contributed by atoms with Gasteiger partial charge in [-0.15, -0.1) is 0 Å². The molecule has 2 aromatic rings. The van der Waals surface area contributed by atoms with Crippen LogP contribution in [0, 0.1) is 17.7 Å². The maximum absolute atomic E-state index is 13.9. The molecule has 2 aromatic carbocycles. The van der Waals surface area contributed by atoms with Crippen molar-refractivity contribution in [2.45, 2.75) is 95.5 Å². The van der Waals surface area contributed by atoms with E-state index in [9.17, 15) is 40.3 Å². The summed E-state index contributed by atoms with van der Waals surface area (Å²) in [5.74, 6) is -0.961. The van der Waals surface area contributed by atoms with Gasteiger partial charge in [0, 0.05) is 38.0 Å². The lowest BCUT2D eigenvalue weighted by molar-refractivity contribution is -0.143. The smallest absolute Gasteiger partial charge is 0.416 e. The van der Waals surface area contributed by atoms with Gasteiger partial charge in [0.25, 0.3) is 0 Å². The fraction of sp³-hybridized carbons (Fsp3) is 0.588. The molecule has 47 heavy (non-hydrogen) atoms. The predicted molar refractivity (Wildman–Crippen MR) is 158 cm³/mol. The number of hydrogen-bond donors (Lipinski definition) is 0. The molecule has 13 heteroatoms. The summed E-state index contributed by atoms with van der Waals surface area (Å²) in [6.07, 6.45) is -10.1. The molecule has 0 radical (unpaired) electrons. The van der Waals surface area contributed by atoms with Crippen molar-refractivity contribution in [1.29, 1.82) is 0 Å². The van der Waals surface area contributed by atoms with Gasteiger partial charge in [-0.25, -0.2) is 9.18 Å². The first-order chi connectivity index (χ1) is 21.8. The molecule has 3 aliphatic rings. The highest BCUT2D eigenvalue weighted by molar-refractivity contribution is 5.78. The highest BCUT2D eigenvalue weighted by Gasteiger charge is 2.51.